The van der Waals surface area contributed by atoms with Crippen LogP contribution in [0.5, 0.6) is 0 Å². The van der Waals surface area contributed by atoms with Gasteiger partial charge in [0.2, 0.25) is 0 Å². The van der Waals surface area contributed by atoms with Crippen LogP contribution in [0.1, 0.15) is 38.8 Å². The molecule has 1 aliphatic heterocycles. The van der Waals surface area contributed by atoms with Gasteiger partial charge in [-0.3, -0.25) is 0 Å². The number of hydrogen-bond donors (Lipinski definition) is 0. The Bertz CT molecular complexity index is 1070. The molecule has 0 radical (unpaired) electrons. The quantitative estimate of drug-likeness (QED) is 0.643. The molecule has 0 N–H and O–H groups in total. The summed E-state index contributed by atoms with van der Waals surface area (Å²) in [7, 11) is 1.60. The maximum atomic E-state index is 8.97. The van der Waals surface area contributed by atoms with Crippen LogP contribution >= 0.6 is 0 Å². The maximum Gasteiger partial charge on any atom is 0.498 e. The molecule has 0 aliphatic carbocycles. The number of nitrogens with zero attached hydrogens (tertiary/aromatic N) is 4. The Morgan fingerprint density at radius 1 is 1.10 bits per heavy atom. The third-order valence-electron chi connectivity index (χ3n) is 5.98. The summed E-state index contributed by atoms with van der Waals surface area (Å²) in [5.41, 5.74) is 4.01. The van der Waals surface area contributed by atoms with Gasteiger partial charge in [-0.15, -0.1) is 0 Å². The van der Waals surface area contributed by atoms with E-state index in [2.05, 4.69) is 55.9 Å². The number of fused-ring (bicyclic) bond motifs is 1. The minimum Gasteiger partial charge on any atom is -0.399 e. The molecule has 1 fully saturated rings. The highest BCUT2D eigenvalue weighted by Gasteiger charge is 2.52. The van der Waals surface area contributed by atoms with Gasteiger partial charge < -0.3 is 14.2 Å². The fourth-order valence-electron chi connectivity index (χ4n) is 3.45. The van der Waals surface area contributed by atoms with Gasteiger partial charge >= 0.3 is 7.12 Å². The predicted octanol–water partition coefficient (Wildman–Crippen LogP) is 3.14. The normalized spacial score (nSPS) is 17.4. The summed E-state index contributed by atoms with van der Waals surface area (Å²) >= 11 is 0. The van der Waals surface area contributed by atoms with Crippen LogP contribution in [0.3, 0.4) is 0 Å². The lowest BCUT2D eigenvalue weighted by Crippen LogP contribution is -2.41. The highest BCUT2D eigenvalue weighted by Crippen LogP contribution is 2.36. The van der Waals surface area contributed by atoms with E-state index in [0.717, 1.165) is 28.8 Å². The molecule has 148 valence electrons. The summed E-state index contributed by atoms with van der Waals surface area (Å²) in [4.78, 5) is 2.15. The van der Waals surface area contributed by atoms with Gasteiger partial charge in [0.1, 0.15) is 0 Å². The van der Waals surface area contributed by atoms with E-state index in [4.69, 9.17) is 14.6 Å². The topological polar surface area (TPSA) is 62.8 Å². The summed E-state index contributed by atoms with van der Waals surface area (Å²) in [6.45, 7) is 8.94. The number of aromatic nitrogens is 2. The van der Waals surface area contributed by atoms with Gasteiger partial charge in [0.25, 0.3) is 0 Å². The van der Waals surface area contributed by atoms with Gasteiger partial charge in [-0.05, 0) is 69.7 Å². The number of anilines is 1. The molecule has 29 heavy (non-hydrogen) atoms. The van der Waals surface area contributed by atoms with Crippen LogP contribution in [0.15, 0.2) is 48.8 Å². The second kappa shape index (κ2) is 6.91. The zero-order chi connectivity index (χ0) is 20.8. The van der Waals surface area contributed by atoms with E-state index in [-0.39, 0.29) is 11.2 Å². The lowest BCUT2D eigenvalue weighted by Gasteiger charge is -2.32. The van der Waals surface area contributed by atoms with Crippen molar-refractivity contribution in [1.82, 2.24) is 9.61 Å². The van der Waals surface area contributed by atoms with Crippen molar-refractivity contribution < 1.29 is 9.31 Å². The summed E-state index contributed by atoms with van der Waals surface area (Å²) in [6, 6.07) is 13.9. The first-order chi connectivity index (χ1) is 13.7. The Labute approximate surface area is 171 Å². The maximum absolute atomic E-state index is 8.97. The Balaban J connectivity index is 1.59. The van der Waals surface area contributed by atoms with Crippen LogP contribution in [-0.4, -0.2) is 35.0 Å². The molecule has 1 saturated heterocycles. The van der Waals surface area contributed by atoms with Crippen molar-refractivity contribution in [2.75, 3.05) is 11.9 Å². The zero-order valence-corrected chi connectivity index (χ0v) is 17.5. The van der Waals surface area contributed by atoms with E-state index in [9.17, 15) is 0 Å². The molecule has 0 amide bonds. The molecule has 6 nitrogen and oxygen atoms in total. The molecule has 7 heteroatoms. The SMILES string of the molecule is CN(Cc1ccn2ncc(B3OC(C)(C)C(C)(C)O3)c2c1)c1ccc(C#N)cc1. The van der Waals surface area contributed by atoms with Gasteiger partial charge in [-0.2, -0.15) is 10.4 Å². The number of pyridine rings is 1. The number of rotatable bonds is 4. The van der Waals surface area contributed by atoms with E-state index in [1.165, 1.54) is 0 Å². The van der Waals surface area contributed by atoms with E-state index < -0.39 is 7.12 Å². The van der Waals surface area contributed by atoms with Crippen LogP contribution in [0.4, 0.5) is 5.69 Å². The van der Waals surface area contributed by atoms with Gasteiger partial charge in [0, 0.05) is 37.1 Å². The molecule has 0 bridgehead atoms. The lowest BCUT2D eigenvalue weighted by atomic mass is 9.80. The molecule has 3 heterocycles. The fraction of sp³-hybridized carbons (Fsp3) is 0.364. The third-order valence-corrected chi connectivity index (χ3v) is 5.98. The number of nitriles is 1. The average Bonchev–Trinajstić information content (AvgIpc) is 3.19. The first-order valence-electron chi connectivity index (χ1n) is 9.73. The molecule has 4 rings (SSSR count). The van der Waals surface area contributed by atoms with Crippen LogP contribution in [0.2, 0.25) is 0 Å². The summed E-state index contributed by atoms with van der Waals surface area (Å²) < 4.78 is 14.3. The minimum atomic E-state index is -0.441. The third kappa shape index (κ3) is 3.50. The standard InChI is InChI=1S/C22H25BN4O2/c1-21(2)22(3,4)29-23(28-21)19-14-25-27-11-10-17(12-20(19)27)15-26(5)18-8-6-16(13-24)7-9-18/h6-12,14H,15H2,1-5H3. The summed E-state index contributed by atoms with van der Waals surface area (Å²) in [5.74, 6) is 0. The summed E-state index contributed by atoms with van der Waals surface area (Å²) in [5, 5.41) is 13.4. The van der Waals surface area contributed by atoms with Crippen molar-refractivity contribution in [2.45, 2.75) is 45.4 Å². The fourth-order valence-corrected chi connectivity index (χ4v) is 3.45. The molecule has 0 saturated carbocycles. The summed E-state index contributed by atoms with van der Waals surface area (Å²) in [6.07, 6.45) is 3.79. The highest BCUT2D eigenvalue weighted by atomic mass is 16.7. The minimum absolute atomic E-state index is 0.390. The largest absolute Gasteiger partial charge is 0.498 e. The first-order valence-corrected chi connectivity index (χ1v) is 9.73. The Hall–Kier alpha value is -2.82. The molecule has 0 spiro atoms. The molecule has 0 unspecified atom stereocenters. The van der Waals surface area contributed by atoms with Crippen molar-refractivity contribution >= 4 is 23.8 Å². The van der Waals surface area contributed by atoms with Gasteiger partial charge in [-0.25, -0.2) is 4.52 Å². The number of benzene rings is 1. The van der Waals surface area contributed by atoms with Crippen molar-refractivity contribution in [3.63, 3.8) is 0 Å². The second-order valence-corrected chi connectivity index (χ2v) is 8.57. The molecular weight excluding hydrogens is 363 g/mol. The van der Waals surface area contributed by atoms with Crippen molar-refractivity contribution in [1.29, 1.82) is 5.26 Å². The molecule has 1 aliphatic rings. The van der Waals surface area contributed by atoms with Gasteiger partial charge in [-0.1, -0.05) is 0 Å². The molecule has 2 aromatic heterocycles. The van der Waals surface area contributed by atoms with E-state index in [1.807, 2.05) is 48.2 Å². The van der Waals surface area contributed by atoms with Crippen molar-refractivity contribution in [3.8, 4) is 6.07 Å². The smallest absolute Gasteiger partial charge is 0.399 e. The number of hydrogen-bond acceptors (Lipinski definition) is 5. The van der Waals surface area contributed by atoms with E-state index >= 15 is 0 Å². The Morgan fingerprint density at radius 2 is 1.76 bits per heavy atom. The molecule has 1 aromatic carbocycles. The van der Waals surface area contributed by atoms with Crippen LogP contribution in [-0.2, 0) is 15.9 Å². The monoisotopic (exact) mass is 388 g/mol. The highest BCUT2D eigenvalue weighted by molar-refractivity contribution is 6.64. The van der Waals surface area contributed by atoms with E-state index in [1.54, 1.807) is 0 Å². The Kier molecular flexibility index (Phi) is 4.64. The zero-order valence-electron chi connectivity index (χ0n) is 17.5. The van der Waals surface area contributed by atoms with E-state index in [0.29, 0.717) is 5.56 Å². The van der Waals surface area contributed by atoms with Gasteiger partial charge in [0.15, 0.2) is 0 Å². The first kappa shape index (κ1) is 19.5. The van der Waals surface area contributed by atoms with Crippen molar-refractivity contribution in [2.24, 2.45) is 0 Å². The van der Waals surface area contributed by atoms with Gasteiger partial charge in [0.05, 0.1) is 28.4 Å². The molecule has 0 atom stereocenters. The second-order valence-electron chi connectivity index (χ2n) is 8.57. The average molecular weight is 388 g/mol. The van der Waals surface area contributed by atoms with Crippen LogP contribution in [0, 0.1) is 11.3 Å². The van der Waals surface area contributed by atoms with Crippen LogP contribution < -0.4 is 10.4 Å². The van der Waals surface area contributed by atoms with Crippen LogP contribution in [0.25, 0.3) is 5.52 Å². The molecular formula is C22H25BN4O2. The Morgan fingerprint density at radius 3 is 2.38 bits per heavy atom. The predicted molar refractivity (Wildman–Crippen MR) is 114 cm³/mol. The molecule has 3 aromatic rings. The van der Waals surface area contributed by atoms with Crippen molar-refractivity contribution in [3.05, 3.63) is 59.9 Å². The lowest BCUT2D eigenvalue weighted by molar-refractivity contribution is 0.00578.